The number of para-hydroxylation sites is 1. The summed E-state index contributed by atoms with van der Waals surface area (Å²) in [6, 6.07) is 15.2. The number of hydrogen-bond acceptors (Lipinski definition) is 5. The van der Waals surface area contributed by atoms with Gasteiger partial charge < -0.3 is 11.1 Å². The maximum atomic E-state index is 12.5. The Bertz CT molecular complexity index is 1190. The quantitative estimate of drug-likeness (QED) is 0.593. The molecule has 3 N–H and O–H groups in total. The minimum absolute atomic E-state index is 0.143. The molecule has 2 aromatic carbocycles. The van der Waals surface area contributed by atoms with Crippen molar-refractivity contribution >= 4 is 33.2 Å². The monoisotopic (exact) mass is 427 g/mol. The second-order valence-corrected chi connectivity index (χ2v) is 8.57. The zero-order valence-corrected chi connectivity index (χ0v) is 17.3. The smallest absolute Gasteiger partial charge is 0.269 e. The first kappa shape index (κ1) is 21.1. The summed E-state index contributed by atoms with van der Waals surface area (Å²) in [5, 5.41) is 6.75. The normalized spacial score (nSPS) is 11.1. The number of nitrogens with two attached hydrogens (primary N) is 1. The minimum atomic E-state index is -3.65. The number of aromatic nitrogens is 2. The van der Waals surface area contributed by atoms with Crippen molar-refractivity contribution in [2.24, 2.45) is 5.73 Å². The molecule has 9 nitrogen and oxygen atoms in total. The molecular formula is C20H21N5O4S. The van der Waals surface area contributed by atoms with Crippen molar-refractivity contribution in [1.29, 1.82) is 0 Å². The van der Waals surface area contributed by atoms with Gasteiger partial charge in [0.05, 0.1) is 17.6 Å². The van der Waals surface area contributed by atoms with E-state index in [-0.39, 0.29) is 12.2 Å². The van der Waals surface area contributed by atoms with Gasteiger partial charge in [0.25, 0.3) is 5.91 Å². The van der Waals surface area contributed by atoms with Gasteiger partial charge in [-0.2, -0.15) is 5.10 Å². The topological polar surface area (TPSA) is 127 Å². The van der Waals surface area contributed by atoms with E-state index in [9.17, 15) is 18.0 Å². The number of nitrogens with zero attached hydrogens (tertiary/aromatic N) is 3. The summed E-state index contributed by atoms with van der Waals surface area (Å²) in [5.74, 6) is -1.10. The van der Waals surface area contributed by atoms with Gasteiger partial charge in [-0.15, -0.1) is 0 Å². The van der Waals surface area contributed by atoms with E-state index in [2.05, 4.69) is 10.4 Å². The van der Waals surface area contributed by atoms with Crippen molar-refractivity contribution in [1.82, 2.24) is 9.78 Å². The number of hydrogen-bond donors (Lipinski definition) is 2. The van der Waals surface area contributed by atoms with E-state index in [0.29, 0.717) is 17.1 Å². The number of benzene rings is 2. The SMILES string of the molecule is Cc1ccccc1N(CC(=O)Nc1ccc(-n2ccc(C(N)=O)n2)cc1)S(C)(=O)=O. The Kier molecular flexibility index (Phi) is 5.88. The van der Waals surface area contributed by atoms with Crippen molar-refractivity contribution in [2.45, 2.75) is 6.92 Å². The van der Waals surface area contributed by atoms with Crippen LogP contribution in [0.15, 0.2) is 60.8 Å². The Labute approximate surface area is 174 Å². The fourth-order valence-electron chi connectivity index (χ4n) is 2.85. The second-order valence-electron chi connectivity index (χ2n) is 6.66. The highest BCUT2D eigenvalue weighted by molar-refractivity contribution is 7.92. The molecule has 0 fully saturated rings. The number of amides is 2. The van der Waals surface area contributed by atoms with E-state index in [1.807, 2.05) is 0 Å². The predicted molar refractivity (Wildman–Crippen MR) is 114 cm³/mol. The molecule has 10 heteroatoms. The summed E-state index contributed by atoms with van der Waals surface area (Å²) in [6.45, 7) is 1.43. The molecule has 0 bridgehead atoms. The van der Waals surface area contributed by atoms with Crippen molar-refractivity contribution < 1.29 is 18.0 Å². The molecule has 0 aliphatic rings. The van der Waals surface area contributed by atoms with Crippen LogP contribution in [0.3, 0.4) is 0 Å². The molecule has 0 saturated heterocycles. The first-order valence-electron chi connectivity index (χ1n) is 8.94. The van der Waals surface area contributed by atoms with Gasteiger partial charge in [0.1, 0.15) is 12.2 Å². The average Bonchev–Trinajstić information content (AvgIpc) is 3.17. The molecular weight excluding hydrogens is 406 g/mol. The highest BCUT2D eigenvalue weighted by Crippen LogP contribution is 2.22. The van der Waals surface area contributed by atoms with Crippen LogP contribution >= 0.6 is 0 Å². The van der Waals surface area contributed by atoms with Gasteiger partial charge in [0.15, 0.2) is 0 Å². The average molecular weight is 427 g/mol. The summed E-state index contributed by atoms with van der Waals surface area (Å²) >= 11 is 0. The number of rotatable bonds is 7. The van der Waals surface area contributed by atoms with Crippen molar-refractivity contribution in [2.75, 3.05) is 22.4 Å². The summed E-state index contributed by atoms with van der Waals surface area (Å²) in [6.07, 6.45) is 2.66. The molecule has 0 aliphatic carbocycles. The van der Waals surface area contributed by atoms with Crippen LogP contribution in [0.4, 0.5) is 11.4 Å². The fourth-order valence-corrected chi connectivity index (χ4v) is 3.77. The van der Waals surface area contributed by atoms with Crippen LogP contribution in [0.2, 0.25) is 0 Å². The van der Waals surface area contributed by atoms with Crippen LogP contribution in [0.5, 0.6) is 0 Å². The number of carbonyl (C=O) groups excluding carboxylic acids is 2. The summed E-state index contributed by atoms with van der Waals surface area (Å²) < 4.78 is 27.0. The lowest BCUT2D eigenvalue weighted by Gasteiger charge is -2.23. The van der Waals surface area contributed by atoms with Crippen molar-refractivity contribution in [3.63, 3.8) is 0 Å². The van der Waals surface area contributed by atoms with E-state index in [1.54, 1.807) is 61.7 Å². The summed E-state index contributed by atoms with van der Waals surface area (Å²) in [7, 11) is -3.65. The molecule has 0 unspecified atom stereocenters. The zero-order valence-electron chi connectivity index (χ0n) is 16.4. The van der Waals surface area contributed by atoms with Gasteiger partial charge in [-0.3, -0.25) is 13.9 Å². The Morgan fingerprint density at radius 1 is 1.10 bits per heavy atom. The Hall–Kier alpha value is -3.66. The third-order valence-corrected chi connectivity index (χ3v) is 5.46. The maximum Gasteiger partial charge on any atom is 0.269 e. The van der Waals surface area contributed by atoms with Gasteiger partial charge in [-0.1, -0.05) is 18.2 Å². The Morgan fingerprint density at radius 2 is 1.77 bits per heavy atom. The van der Waals surface area contributed by atoms with Crippen LogP contribution in [-0.2, 0) is 14.8 Å². The molecule has 1 heterocycles. The largest absolute Gasteiger partial charge is 0.364 e. The standard InChI is InChI=1S/C20H21N5O4S/c1-14-5-3-4-6-18(14)25(30(2,28)29)13-19(26)22-15-7-9-16(10-8-15)24-12-11-17(23-24)20(21)27/h3-12H,13H2,1-2H3,(H2,21,27)(H,22,26). The maximum absolute atomic E-state index is 12.5. The van der Waals surface area contributed by atoms with E-state index in [1.165, 1.54) is 10.7 Å². The molecule has 1 aromatic heterocycles. The van der Waals surface area contributed by atoms with E-state index >= 15 is 0 Å². The third kappa shape index (κ3) is 4.84. The van der Waals surface area contributed by atoms with Gasteiger partial charge in [-0.05, 0) is 48.9 Å². The Morgan fingerprint density at radius 3 is 2.33 bits per heavy atom. The zero-order chi connectivity index (χ0) is 21.9. The minimum Gasteiger partial charge on any atom is -0.364 e. The lowest BCUT2D eigenvalue weighted by atomic mass is 10.2. The molecule has 156 valence electrons. The van der Waals surface area contributed by atoms with Crippen LogP contribution in [-0.4, -0.2) is 42.8 Å². The van der Waals surface area contributed by atoms with Gasteiger partial charge in [-0.25, -0.2) is 13.1 Å². The van der Waals surface area contributed by atoms with E-state index < -0.39 is 21.8 Å². The number of sulfonamides is 1. The molecule has 0 atom stereocenters. The van der Waals surface area contributed by atoms with Crippen LogP contribution in [0, 0.1) is 6.92 Å². The number of aryl methyl sites for hydroxylation is 1. The number of nitrogens with one attached hydrogen (secondary N) is 1. The predicted octanol–water partition coefficient (Wildman–Crippen LogP) is 1.68. The molecule has 0 spiro atoms. The summed E-state index contributed by atoms with van der Waals surface area (Å²) in [4.78, 5) is 23.7. The molecule has 3 aromatic rings. The second kappa shape index (κ2) is 8.37. The van der Waals surface area contributed by atoms with Gasteiger partial charge in [0, 0.05) is 11.9 Å². The molecule has 2 amide bonds. The molecule has 0 radical (unpaired) electrons. The number of anilines is 2. The first-order valence-corrected chi connectivity index (χ1v) is 10.8. The van der Waals surface area contributed by atoms with Crippen LogP contribution in [0.25, 0.3) is 5.69 Å². The fraction of sp³-hybridized carbons (Fsp3) is 0.150. The molecule has 0 saturated carbocycles. The Balaban J connectivity index is 1.73. The number of carbonyl (C=O) groups is 2. The van der Waals surface area contributed by atoms with Gasteiger partial charge >= 0.3 is 0 Å². The van der Waals surface area contributed by atoms with E-state index in [4.69, 9.17) is 5.73 Å². The summed E-state index contributed by atoms with van der Waals surface area (Å²) in [5.41, 5.74) is 7.69. The van der Waals surface area contributed by atoms with Crippen molar-refractivity contribution in [3.05, 3.63) is 72.1 Å². The van der Waals surface area contributed by atoms with Crippen LogP contribution < -0.4 is 15.4 Å². The molecule has 30 heavy (non-hydrogen) atoms. The van der Waals surface area contributed by atoms with Crippen molar-refractivity contribution in [3.8, 4) is 5.69 Å². The lowest BCUT2D eigenvalue weighted by Crippen LogP contribution is -2.37. The highest BCUT2D eigenvalue weighted by Gasteiger charge is 2.22. The number of primary amides is 1. The van der Waals surface area contributed by atoms with Gasteiger partial charge in [0.2, 0.25) is 15.9 Å². The van der Waals surface area contributed by atoms with E-state index in [0.717, 1.165) is 16.1 Å². The highest BCUT2D eigenvalue weighted by atomic mass is 32.2. The third-order valence-electron chi connectivity index (χ3n) is 4.33. The lowest BCUT2D eigenvalue weighted by molar-refractivity contribution is -0.114. The van der Waals surface area contributed by atoms with Crippen LogP contribution in [0.1, 0.15) is 16.1 Å². The first-order chi connectivity index (χ1) is 14.1. The molecule has 0 aliphatic heterocycles. The molecule has 3 rings (SSSR count).